The third-order valence-corrected chi connectivity index (χ3v) is 3.56. The third kappa shape index (κ3) is 3.28. The minimum absolute atomic E-state index is 0.341. The van der Waals surface area contributed by atoms with Gasteiger partial charge in [0.15, 0.2) is 0 Å². The normalized spacial score (nSPS) is 22.3. The molecule has 0 amide bonds. The number of β-amino-alcohol motifs (C(OH)–C–C–N with tert-alkyl or cyclic N) is 1. The van der Waals surface area contributed by atoms with Gasteiger partial charge in [-0.05, 0) is 38.4 Å². The molecule has 0 aliphatic carbocycles. The first-order valence-electron chi connectivity index (χ1n) is 6.34. The molecule has 1 aliphatic heterocycles. The van der Waals surface area contributed by atoms with E-state index in [9.17, 15) is 5.11 Å². The summed E-state index contributed by atoms with van der Waals surface area (Å²) in [5, 5.41) is 10.5. The lowest BCUT2D eigenvalue weighted by Gasteiger charge is -2.35. The molecule has 1 saturated heterocycles. The SMILES string of the molecule is CC(O)(CN1CCC(N)CC1)c1ccccc1. The van der Waals surface area contributed by atoms with Crippen LogP contribution in [-0.4, -0.2) is 35.7 Å². The molecular weight excluding hydrogens is 212 g/mol. The Labute approximate surface area is 103 Å². The number of hydrogen-bond acceptors (Lipinski definition) is 3. The summed E-state index contributed by atoms with van der Waals surface area (Å²) in [7, 11) is 0. The standard InChI is InChI=1S/C14H22N2O/c1-14(17,12-5-3-2-4-6-12)11-16-9-7-13(15)8-10-16/h2-6,13,17H,7-11,15H2,1H3. The van der Waals surface area contributed by atoms with Gasteiger partial charge < -0.3 is 15.7 Å². The summed E-state index contributed by atoms with van der Waals surface area (Å²) in [6, 6.07) is 10.2. The van der Waals surface area contributed by atoms with Crippen molar-refractivity contribution in [2.24, 2.45) is 5.73 Å². The van der Waals surface area contributed by atoms with Gasteiger partial charge >= 0.3 is 0 Å². The average molecular weight is 234 g/mol. The molecule has 0 spiro atoms. The highest BCUT2D eigenvalue weighted by atomic mass is 16.3. The first-order chi connectivity index (χ1) is 8.08. The van der Waals surface area contributed by atoms with E-state index in [2.05, 4.69) is 4.90 Å². The lowest BCUT2D eigenvalue weighted by atomic mass is 9.94. The number of nitrogens with two attached hydrogens (primary N) is 1. The zero-order valence-corrected chi connectivity index (χ0v) is 10.5. The van der Waals surface area contributed by atoms with E-state index < -0.39 is 5.60 Å². The van der Waals surface area contributed by atoms with Crippen LogP contribution in [0, 0.1) is 0 Å². The number of benzene rings is 1. The lowest BCUT2D eigenvalue weighted by Crippen LogP contribution is -2.45. The maximum atomic E-state index is 10.5. The summed E-state index contributed by atoms with van der Waals surface area (Å²) >= 11 is 0. The van der Waals surface area contributed by atoms with Crippen molar-refractivity contribution in [3.63, 3.8) is 0 Å². The smallest absolute Gasteiger partial charge is 0.0994 e. The molecule has 1 aliphatic rings. The van der Waals surface area contributed by atoms with Crippen LogP contribution in [0.2, 0.25) is 0 Å². The van der Waals surface area contributed by atoms with Gasteiger partial charge in [-0.15, -0.1) is 0 Å². The highest BCUT2D eigenvalue weighted by Crippen LogP contribution is 2.23. The number of hydrogen-bond donors (Lipinski definition) is 2. The van der Waals surface area contributed by atoms with E-state index in [-0.39, 0.29) is 0 Å². The van der Waals surface area contributed by atoms with Gasteiger partial charge in [0.1, 0.15) is 0 Å². The predicted molar refractivity (Wildman–Crippen MR) is 69.7 cm³/mol. The van der Waals surface area contributed by atoms with Crippen LogP contribution in [0.5, 0.6) is 0 Å². The average Bonchev–Trinajstić information content (AvgIpc) is 2.33. The number of nitrogens with zero attached hydrogens (tertiary/aromatic N) is 1. The summed E-state index contributed by atoms with van der Waals surface area (Å²) in [5.41, 5.74) is 6.09. The monoisotopic (exact) mass is 234 g/mol. The Kier molecular flexibility index (Phi) is 3.82. The molecule has 1 unspecified atom stereocenters. The molecule has 1 atom stereocenters. The zero-order valence-electron chi connectivity index (χ0n) is 10.5. The van der Waals surface area contributed by atoms with Crippen molar-refractivity contribution in [3.05, 3.63) is 35.9 Å². The first kappa shape index (κ1) is 12.6. The van der Waals surface area contributed by atoms with Crippen LogP contribution in [0.3, 0.4) is 0 Å². The fraction of sp³-hybridized carbons (Fsp3) is 0.571. The minimum atomic E-state index is -0.775. The largest absolute Gasteiger partial charge is 0.384 e. The quantitative estimate of drug-likeness (QED) is 0.829. The molecular formula is C14H22N2O. The number of aliphatic hydroxyl groups is 1. The second-order valence-corrected chi connectivity index (χ2v) is 5.25. The molecule has 1 aromatic carbocycles. The van der Waals surface area contributed by atoms with Gasteiger partial charge in [0.05, 0.1) is 5.60 Å². The van der Waals surface area contributed by atoms with Crippen molar-refractivity contribution in [2.75, 3.05) is 19.6 Å². The van der Waals surface area contributed by atoms with Crippen LogP contribution in [0.1, 0.15) is 25.3 Å². The summed E-state index contributed by atoms with van der Waals surface area (Å²) in [6.45, 7) is 4.55. The van der Waals surface area contributed by atoms with Gasteiger partial charge in [0.25, 0.3) is 0 Å². The van der Waals surface area contributed by atoms with Crippen LogP contribution >= 0.6 is 0 Å². The predicted octanol–water partition coefficient (Wildman–Crippen LogP) is 1.32. The second kappa shape index (κ2) is 5.17. The minimum Gasteiger partial charge on any atom is -0.384 e. The van der Waals surface area contributed by atoms with Crippen molar-refractivity contribution < 1.29 is 5.11 Å². The van der Waals surface area contributed by atoms with Crippen molar-refractivity contribution >= 4 is 0 Å². The molecule has 94 valence electrons. The fourth-order valence-corrected chi connectivity index (χ4v) is 2.43. The van der Waals surface area contributed by atoms with Crippen LogP contribution < -0.4 is 5.73 Å². The molecule has 2 rings (SSSR count). The van der Waals surface area contributed by atoms with Gasteiger partial charge in [-0.3, -0.25) is 0 Å². The highest BCUT2D eigenvalue weighted by Gasteiger charge is 2.27. The van der Waals surface area contributed by atoms with E-state index in [1.807, 2.05) is 37.3 Å². The summed E-state index contributed by atoms with van der Waals surface area (Å²) in [5.74, 6) is 0. The molecule has 0 radical (unpaired) electrons. The Balaban J connectivity index is 1.98. The maximum absolute atomic E-state index is 10.5. The van der Waals surface area contributed by atoms with E-state index in [0.717, 1.165) is 31.5 Å². The number of piperidine rings is 1. The van der Waals surface area contributed by atoms with Crippen molar-refractivity contribution in [3.8, 4) is 0 Å². The first-order valence-corrected chi connectivity index (χ1v) is 6.34. The molecule has 1 fully saturated rings. The second-order valence-electron chi connectivity index (χ2n) is 5.25. The van der Waals surface area contributed by atoms with E-state index >= 15 is 0 Å². The van der Waals surface area contributed by atoms with Crippen molar-refractivity contribution in [1.82, 2.24) is 4.90 Å². The van der Waals surface area contributed by atoms with Crippen molar-refractivity contribution in [2.45, 2.75) is 31.4 Å². The molecule has 0 saturated carbocycles. The Morgan fingerprint density at radius 1 is 1.29 bits per heavy atom. The van der Waals surface area contributed by atoms with Gasteiger partial charge in [-0.2, -0.15) is 0 Å². The molecule has 17 heavy (non-hydrogen) atoms. The van der Waals surface area contributed by atoms with Crippen molar-refractivity contribution in [1.29, 1.82) is 0 Å². The number of rotatable bonds is 3. The van der Waals surface area contributed by atoms with Crippen LogP contribution in [0.4, 0.5) is 0 Å². The van der Waals surface area contributed by atoms with Crippen LogP contribution in [0.15, 0.2) is 30.3 Å². The van der Waals surface area contributed by atoms with Gasteiger partial charge in [-0.25, -0.2) is 0 Å². The fourth-order valence-electron chi connectivity index (χ4n) is 2.43. The number of likely N-dealkylation sites (tertiary alicyclic amines) is 1. The van der Waals surface area contributed by atoms with E-state index in [0.29, 0.717) is 12.6 Å². The molecule has 3 nitrogen and oxygen atoms in total. The van der Waals surface area contributed by atoms with Crippen LogP contribution in [-0.2, 0) is 5.60 Å². The Morgan fingerprint density at radius 2 is 1.88 bits per heavy atom. The Bertz CT molecular complexity index is 342. The van der Waals surface area contributed by atoms with E-state index in [1.165, 1.54) is 0 Å². The maximum Gasteiger partial charge on any atom is 0.0994 e. The topological polar surface area (TPSA) is 49.5 Å². The Hall–Kier alpha value is -0.900. The third-order valence-electron chi connectivity index (χ3n) is 3.56. The molecule has 1 heterocycles. The van der Waals surface area contributed by atoms with Gasteiger partial charge in [-0.1, -0.05) is 30.3 Å². The highest BCUT2D eigenvalue weighted by molar-refractivity contribution is 5.21. The summed E-state index contributed by atoms with van der Waals surface area (Å²) < 4.78 is 0. The Morgan fingerprint density at radius 3 is 2.47 bits per heavy atom. The molecule has 3 N–H and O–H groups in total. The van der Waals surface area contributed by atoms with E-state index in [4.69, 9.17) is 5.73 Å². The van der Waals surface area contributed by atoms with Gasteiger partial charge in [0, 0.05) is 12.6 Å². The van der Waals surface area contributed by atoms with E-state index in [1.54, 1.807) is 0 Å². The molecule has 1 aromatic rings. The summed E-state index contributed by atoms with van der Waals surface area (Å²) in [6.07, 6.45) is 2.07. The molecule has 0 aromatic heterocycles. The zero-order chi connectivity index (χ0) is 12.3. The molecule has 3 heteroatoms. The lowest BCUT2D eigenvalue weighted by molar-refractivity contribution is 0.00905. The molecule has 0 bridgehead atoms. The summed E-state index contributed by atoms with van der Waals surface area (Å²) in [4.78, 5) is 2.30. The van der Waals surface area contributed by atoms with Crippen LogP contribution in [0.25, 0.3) is 0 Å². The van der Waals surface area contributed by atoms with Gasteiger partial charge in [0.2, 0.25) is 0 Å².